The van der Waals surface area contributed by atoms with Gasteiger partial charge in [-0.25, -0.2) is 9.97 Å². The van der Waals surface area contributed by atoms with E-state index >= 15 is 0 Å². The Morgan fingerprint density at radius 3 is 3.25 bits per heavy atom. The van der Waals surface area contributed by atoms with Gasteiger partial charge in [-0.15, -0.1) is 11.3 Å². The second-order valence-corrected chi connectivity index (χ2v) is 6.11. The standard InChI is InChI=1S/C15H16N4S/c1-3-10(7-16-5-1)15-19-13(9-20-15)12-8-18-14-11(12)4-2-6-17-14/h2,4,6,8-10,16H,1,3,5,7H2,(H,17,18). The summed E-state index contributed by atoms with van der Waals surface area (Å²) >= 11 is 1.78. The Hall–Kier alpha value is -1.72. The van der Waals surface area contributed by atoms with Crippen molar-refractivity contribution in [1.29, 1.82) is 0 Å². The van der Waals surface area contributed by atoms with Crippen molar-refractivity contribution < 1.29 is 0 Å². The fraction of sp³-hybridized carbons (Fsp3) is 0.333. The molecule has 0 radical (unpaired) electrons. The van der Waals surface area contributed by atoms with Crippen molar-refractivity contribution in [2.75, 3.05) is 13.1 Å². The Morgan fingerprint density at radius 1 is 1.35 bits per heavy atom. The van der Waals surface area contributed by atoms with Gasteiger partial charge in [-0.05, 0) is 31.5 Å². The average Bonchev–Trinajstić information content (AvgIpc) is 3.14. The molecule has 1 aliphatic heterocycles. The summed E-state index contributed by atoms with van der Waals surface area (Å²) in [5.41, 5.74) is 3.14. The van der Waals surface area contributed by atoms with Crippen LogP contribution < -0.4 is 5.32 Å². The zero-order chi connectivity index (χ0) is 13.4. The molecule has 0 aliphatic carbocycles. The quantitative estimate of drug-likeness (QED) is 0.760. The number of H-pyrrole nitrogens is 1. The molecule has 20 heavy (non-hydrogen) atoms. The Bertz CT molecular complexity index is 724. The number of aromatic amines is 1. The first kappa shape index (κ1) is 12.1. The van der Waals surface area contributed by atoms with Gasteiger partial charge in [-0.1, -0.05) is 0 Å². The van der Waals surface area contributed by atoms with E-state index in [1.807, 2.05) is 18.5 Å². The lowest BCUT2D eigenvalue weighted by Gasteiger charge is -2.20. The molecule has 0 aromatic carbocycles. The van der Waals surface area contributed by atoms with Crippen molar-refractivity contribution in [2.24, 2.45) is 0 Å². The molecule has 0 amide bonds. The van der Waals surface area contributed by atoms with Crippen LogP contribution in [-0.2, 0) is 0 Å². The summed E-state index contributed by atoms with van der Waals surface area (Å²) < 4.78 is 0. The summed E-state index contributed by atoms with van der Waals surface area (Å²) in [6, 6.07) is 4.06. The first-order valence-electron chi connectivity index (χ1n) is 7.00. The molecule has 0 saturated carbocycles. The van der Waals surface area contributed by atoms with E-state index in [0.29, 0.717) is 5.92 Å². The molecule has 4 nitrogen and oxygen atoms in total. The summed E-state index contributed by atoms with van der Waals surface area (Å²) in [6.45, 7) is 2.20. The van der Waals surface area contributed by atoms with Crippen molar-refractivity contribution in [3.8, 4) is 11.3 Å². The van der Waals surface area contributed by atoms with Gasteiger partial charge in [0.2, 0.25) is 0 Å². The summed E-state index contributed by atoms with van der Waals surface area (Å²) in [5.74, 6) is 0.575. The minimum atomic E-state index is 0.575. The van der Waals surface area contributed by atoms with Crippen LogP contribution in [0.5, 0.6) is 0 Å². The zero-order valence-corrected chi connectivity index (χ0v) is 11.9. The maximum atomic E-state index is 4.86. The lowest BCUT2D eigenvalue weighted by Crippen LogP contribution is -2.28. The Labute approximate surface area is 121 Å². The van der Waals surface area contributed by atoms with Crippen molar-refractivity contribution in [1.82, 2.24) is 20.3 Å². The zero-order valence-electron chi connectivity index (χ0n) is 11.1. The van der Waals surface area contributed by atoms with Gasteiger partial charge in [-0.3, -0.25) is 0 Å². The number of fused-ring (bicyclic) bond motifs is 1. The number of nitrogens with one attached hydrogen (secondary N) is 2. The fourth-order valence-electron chi connectivity index (χ4n) is 2.83. The van der Waals surface area contributed by atoms with Gasteiger partial charge in [0.15, 0.2) is 0 Å². The van der Waals surface area contributed by atoms with E-state index in [9.17, 15) is 0 Å². The van der Waals surface area contributed by atoms with Crippen LogP contribution in [-0.4, -0.2) is 28.0 Å². The van der Waals surface area contributed by atoms with E-state index in [-0.39, 0.29) is 0 Å². The minimum absolute atomic E-state index is 0.575. The van der Waals surface area contributed by atoms with Gasteiger partial charge in [0.05, 0.1) is 10.7 Å². The number of piperidine rings is 1. The molecule has 1 atom stereocenters. The third-order valence-electron chi connectivity index (χ3n) is 3.90. The van der Waals surface area contributed by atoms with Crippen LogP contribution in [0.1, 0.15) is 23.8 Å². The van der Waals surface area contributed by atoms with Gasteiger partial charge in [0, 0.05) is 41.2 Å². The number of aromatic nitrogens is 3. The van der Waals surface area contributed by atoms with Gasteiger partial charge >= 0.3 is 0 Å². The van der Waals surface area contributed by atoms with Crippen molar-refractivity contribution in [3.63, 3.8) is 0 Å². The monoisotopic (exact) mass is 284 g/mol. The minimum Gasteiger partial charge on any atom is -0.345 e. The molecule has 2 N–H and O–H groups in total. The van der Waals surface area contributed by atoms with E-state index < -0.39 is 0 Å². The number of pyridine rings is 1. The van der Waals surface area contributed by atoms with Gasteiger partial charge in [-0.2, -0.15) is 0 Å². The van der Waals surface area contributed by atoms with Crippen molar-refractivity contribution >= 4 is 22.4 Å². The molecule has 4 heterocycles. The number of rotatable bonds is 2. The van der Waals surface area contributed by atoms with Crippen molar-refractivity contribution in [3.05, 3.63) is 34.9 Å². The highest BCUT2D eigenvalue weighted by atomic mass is 32.1. The van der Waals surface area contributed by atoms with E-state index in [1.165, 1.54) is 17.8 Å². The largest absolute Gasteiger partial charge is 0.345 e. The first-order valence-corrected chi connectivity index (χ1v) is 7.88. The van der Waals surface area contributed by atoms with Crippen LogP contribution in [0.4, 0.5) is 0 Å². The van der Waals surface area contributed by atoms with Crippen LogP contribution in [0.15, 0.2) is 29.9 Å². The van der Waals surface area contributed by atoms with Gasteiger partial charge < -0.3 is 10.3 Å². The molecular formula is C15H16N4S. The maximum Gasteiger partial charge on any atom is 0.137 e. The van der Waals surface area contributed by atoms with Gasteiger partial charge in [0.1, 0.15) is 5.65 Å². The molecule has 0 spiro atoms. The van der Waals surface area contributed by atoms with Crippen LogP contribution >= 0.6 is 11.3 Å². The van der Waals surface area contributed by atoms with E-state index in [1.54, 1.807) is 11.3 Å². The maximum absolute atomic E-state index is 4.86. The van der Waals surface area contributed by atoms with Crippen LogP contribution in [0.25, 0.3) is 22.3 Å². The summed E-state index contributed by atoms with van der Waals surface area (Å²) in [7, 11) is 0. The highest BCUT2D eigenvalue weighted by Crippen LogP contribution is 2.32. The number of hydrogen-bond acceptors (Lipinski definition) is 4. The summed E-state index contributed by atoms with van der Waals surface area (Å²) in [6.07, 6.45) is 6.31. The highest BCUT2D eigenvalue weighted by molar-refractivity contribution is 7.10. The summed E-state index contributed by atoms with van der Waals surface area (Å²) in [5, 5.41) is 8.02. The predicted octanol–water partition coefficient (Wildman–Crippen LogP) is 3.15. The molecule has 3 aromatic rings. The number of thiazole rings is 1. The molecule has 1 aliphatic rings. The Kier molecular flexibility index (Phi) is 3.01. The molecular weight excluding hydrogens is 268 g/mol. The lowest BCUT2D eigenvalue weighted by molar-refractivity contribution is 0.460. The Morgan fingerprint density at radius 2 is 2.35 bits per heavy atom. The summed E-state index contributed by atoms with van der Waals surface area (Å²) in [4.78, 5) is 12.4. The second-order valence-electron chi connectivity index (χ2n) is 5.22. The molecule has 4 rings (SSSR count). The van der Waals surface area contributed by atoms with Crippen LogP contribution in [0.3, 0.4) is 0 Å². The van der Waals surface area contributed by atoms with Crippen molar-refractivity contribution in [2.45, 2.75) is 18.8 Å². The lowest BCUT2D eigenvalue weighted by atomic mass is 10.0. The number of hydrogen-bond donors (Lipinski definition) is 2. The molecule has 3 aromatic heterocycles. The third-order valence-corrected chi connectivity index (χ3v) is 4.90. The third kappa shape index (κ3) is 2.03. The molecule has 1 fully saturated rings. The van der Waals surface area contributed by atoms with E-state index in [2.05, 4.69) is 26.7 Å². The van der Waals surface area contributed by atoms with E-state index in [4.69, 9.17) is 4.98 Å². The topological polar surface area (TPSA) is 53.6 Å². The molecule has 5 heteroatoms. The molecule has 0 bridgehead atoms. The second kappa shape index (κ2) is 5.00. The van der Waals surface area contributed by atoms with Crippen LogP contribution in [0, 0.1) is 0 Å². The van der Waals surface area contributed by atoms with Gasteiger partial charge in [0.25, 0.3) is 0 Å². The van der Waals surface area contributed by atoms with Crippen LogP contribution in [0.2, 0.25) is 0 Å². The first-order chi connectivity index (χ1) is 9.92. The molecule has 1 saturated heterocycles. The average molecular weight is 284 g/mol. The molecule has 102 valence electrons. The predicted molar refractivity (Wildman–Crippen MR) is 82.0 cm³/mol. The normalized spacial score (nSPS) is 19.5. The van der Waals surface area contributed by atoms with E-state index in [0.717, 1.165) is 35.4 Å². The Balaban J connectivity index is 1.70. The fourth-order valence-corrected chi connectivity index (χ4v) is 3.79. The smallest absolute Gasteiger partial charge is 0.137 e. The molecule has 1 unspecified atom stereocenters. The SMILES string of the molecule is c1cnc2[nH]cc(-c3csc(C4CCCNC4)n3)c2c1. The highest BCUT2D eigenvalue weighted by Gasteiger charge is 2.19. The number of nitrogens with zero attached hydrogens (tertiary/aromatic N) is 2.